The highest BCUT2D eigenvalue weighted by Gasteiger charge is 2.17. The molecule has 140 valence electrons. The van der Waals surface area contributed by atoms with Gasteiger partial charge in [0.2, 0.25) is 0 Å². The van der Waals surface area contributed by atoms with E-state index >= 15 is 0 Å². The van der Waals surface area contributed by atoms with Gasteiger partial charge in [-0.2, -0.15) is 0 Å². The predicted octanol–water partition coefficient (Wildman–Crippen LogP) is 7.92. The molecule has 0 fully saturated rings. The lowest BCUT2D eigenvalue weighted by Gasteiger charge is -2.23. The Hall–Kier alpha value is -1.56. The molecular weight excluding hydrogens is 300 g/mol. The van der Waals surface area contributed by atoms with Gasteiger partial charge < -0.3 is 0 Å². The maximum Gasteiger partial charge on any atom is -0.00228 e. The Labute approximate surface area is 157 Å². The largest absolute Gasteiger partial charge is 0.0683 e. The van der Waals surface area contributed by atoms with Crippen molar-refractivity contribution in [1.82, 2.24) is 0 Å². The van der Waals surface area contributed by atoms with Crippen molar-refractivity contribution < 1.29 is 0 Å². The van der Waals surface area contributed by atoms with E-state index in [2.05, 4.69) is 90.1 Å². The first-order valence-electron chi connectivity index (χ1n) is 9.86. The van der Waals surface area contributed by atoms with Gasteiger partial charge in [-0.3, -0.25) is 0 Å². The van der Waals surface area contributed by atoms with Gasteiger partial charge >= 0.3 is 0 Å². The van der Waals surface area contributed by atoms with Crippen LogP contribution in [-0.4, -0.2) is 0 Å². The Bertz CT molecular complexity index is 589. The van der Waals surface area contributed by atoms with Gasteiger partial charge in [-0.1, -0.05) is 118 Å². The van der Waals surface area contributed by atoms with E-state index < -0.39 is 0 Å². The first kappa shape index (κ1) is 23.4. The van der Waals surface area contributed by atoms with Crippen LogP contribution in [0.4, 0.5) is 0 Å². The van der Waals surface area contributed by atoms with Crippen molar-refractivity contribution in [1.29, 1.82) is 0 Å². The second kappa shape index (κ2) is 10.4. The quantitative estimate of drug-likeness (QED) is 0.520. The zero-order valence-corrected chi connectivity index (χ0v) is 18.3. The maximum absolute atomic E-state index is 2.29. The van der Waals surface area contributed by atoms with Crippen LogP contribution in [-0.2, 0) is 17.3 Å². The van der Waals surface area contributed by atoms with Gasteiger partial charge in [-0.05, 0) is 39.5 Å². The molecule has 2 aromatic carbocycles. The van der Waals surface area contributed by atoms with E-state index in [9.17, 15) is 0 Å². The zero-order valence-electron chi connectivity index (χ0n) is 18.3. The summed E-state index contributed by atoms with van der Waals surface area (Å²) >= 11 is 0. The lowest BCUT2D eigenvalue weighted by molar-refractivity contribution is 0.584. The maximum atomic E-state index is 2.29. The average molecular weight is 341 g/mol. The smallest absolute Gasteiger partial charge is 0.00228 e. The minimum atomic E-state index is 0.196. The number of hydrogen-bond donors (Lipinski definition) is 0. The van der Waals surface area contributed by atoms with Crippen molar-refractivity contribution >= 4 is 0 Å². The van der Waals surface area contributed by atoms with E-state index in [1.165, 1.54) is 22.3 Å². The van der Waals surface area contributed by atoms with Gasteiger partial charge in [-0.15, -0.1) is 0 Å². The van der Waals surface area contributed by atoms with Crippen molar-refractivity contribution in [2.45, 2.75) is 86.5 Å². The Morgan fingerprint density at radius 1 is 0.600 bits per heavy atom. The summed E-state index contributed by atoms with van der Waals surface area (Å²) in [4.78, 5) is 0. The summed E-state index contributed by atoms with van der Waals surface area (Å²) in [6.07, 6.45) is 1.01. The summed E-state index contributed by atoms with van der Waals surface area (Å²) in [5.74, 6) is 0. The molecule has 0 aliphatic carbocycles. The zero-order chi connectivity index (χ0) is 19.7. The molecule has 0 N–H and O–H groups in total. The van der Waals surface area contributed by atoms with Crippen molar-refractivity contribution in [3.8, 4) is 0 Å². The third-order valence-corrected chi connectivity index (χ3v) is 4.04. The molecular formula is C25H40. The topological polar surface area (TPSA) is 0 Å². The van der Waals surface area contributed by atoms with E-state index in [1.807, 2.05) is 27.7 Å². The van der Waals surface area contributed by atoms with Gasteiger partial charge in [0.05, 0.1) is 0 Å². The molecule has 0 nitrogen and oxygen atoms in total. The molecule has 0 spiro atoms. The molecule has 0 saturated heterocycles. The van der Waals surface area contributed by atoms with Gasteiger partial charge in [0.15, 0.2) is 0 Å². The number of rotatable bonds is 2. The van der Waals surface area contributed by atoms with Gasteiger partial charge in [0.25, 0.3) is 0 Å². The fourth-order valence-electron chi connectivity index (χ4n) is 2.75. The highest BCUT2D eigenvalue weighted by atomic mass is 14.2. The van der Waals surface area contributed by atoms with Crippen molar-refractivity contribution in [3.05, 3.63) is 70.8 Å². The fourth-order valence-corrected chi connectivity index (χ4v) is 2.75. The normalized spacial score (nSPS) is 11.0. The van der Waals surface area contributed by atoms with Crippen LogP contribution in [0.1, 0.15) is 91.5 Å². The lowest BCUT2D eigenvalue weighted by Crippen LogP contribution is -2.14. The van der Waals surface area contributed by atoms with Crippen molar-refractivity contribution in [2.24, 2.45) is 0 Å². The average Bonchev–Trinajstić information content (AvgIpc) is 2.58. The summed E-state index contributed by atoms with van der Waals surface area (Å²) in [7, 11) is 0. The van der Waals surface area contributed by atoms with E-state index in [0.29, 0.717) is 0 Å². The molecule has 0 bridgehead atoms. The lowest BCUT2D eigenvalue weighted by atomic mass is 9.82. The van der Waals surface area contributed by atoms with Gasteiger partial charge in [-0.25, -0.2) is 0 Å². The Morgan fingerprint density at radius 2 is 1.08 bits per heavy atom. The van der Waals surface area contributed by atoms with Crippen LogP contribution in [0.25, 0.3) is 0 Å². The molecule has 0 saturated carbocycles. The van der Waals surface area contributed by atoms with Crippen LogP contribution >= 0.6 is 0 Å². The Balaban J connectivity index is 0.00000134. The van der Waals surface area contributed by atoms with E-state index in [0.717, 1.165) is 6.42 Å². The van der Waals surface area contributed by atoms with Crippen LogP contribution in [0, 0.1) is 0 Å². The van der Waals surface area contributed by atoms with Gasteiger partial charge in [0.1, 0.15) is 0 Å². The minimum Gasteiger partial charge on any atom is -0.0683 e. The molecule has 2 aromatic rings. The van der Waals surface area contributed by atoms with Crippen LogP contribution in [0.3, 0.4) is 0 Å². The molecule has 0 unspecified atom stereocenters. The second-order valence-corrected chi connectivity index (χ2v) is 8.03. The van der Waals surface area contributed by atoms with Crippen LogP contribution in [0.5, 0.6) is 0 Å². The van der Waals surface area contributed by atoms with E-state index in [4.69, 9.17) is 0 Å². The first-order valence-corrected chi connectivity index (χ1v) is 9.86. The number of hydrogen-bond acceptors (Lipinski definition) is 0. The molecule has 0 heterocycles. The molecule has 0 amide bonds. The van der Waals surface area contributed by atoms with Crippen molar-refractivity contribution in [2.75, 3.05) is 0 Å². The molecule has 0 aliphatic heterocycles. The molecule has 0 aromatic heterocycles. The molecule has 0 aliphatic rings. The molecule has 2 rings (SSSR count). The van der Waals surface area contributed by atoms with E-state index in [-0.39, 0.29) is 10.8 Å². The Morgan fingerprint density at radius 3 is 1.52 bits per heavy atom. The summed E-state index contributed by atoms with van der Waals surface area (Å²) in [5.41, 5.74) is 6.09. The van der Waals surface area contributed by atoms with Crippen LogP contribution in [0.2, 0.25) is 0 Å². The van der Waals surface area contributed by atoms with E-state index in [1.54, 1.807) is 0 Å². The fraction of sp³-hybridized carbons (Fsp3) is 0.520. The highest BCUT2D eigenvalue weighted by molar-refractivity contribution is 5.38. The Kier molecular flexibility index (Phi) is 9.78. The SMILES string of the molecule is CC.CC.CC(C)(C)c1ccc(Cc2ccccc2C(C)(C)C)cc1. The predicted molar refractivity (Wildman–Crippen MR) is 116 cm³/mol. The molecule has 0 atom stereocenters. The highest BCUT2D eigenvalue weighted by Crippen LogP contribution is 2.28. The third-order valence-electron chi connectivity index (χ3n) is 4.04. The first-order chi connectivity index (χ1) is 11.7. The minimum absolute atomic E-state index is 0.196. The van der Waals surface area contributed by atoms with Crippen LogP contribution < -0.4 is 0 Å². The van der Waals surface area contributed by atoms with Gasteiger partial charge in [0, 0.05) is 0 Å². The second-order valence-electron chi connectivity index (χ2n) is 8.03. The van der Waals surface area contributed by atoms with Crippen molar-refractivity contribution in [3.63, 3.8) is 0 Å². The third kappa shape index (κ3) is 7.46. The van der Waals surface area contributed by atoms with Crippen LogP contribution in [0.15, 0.2) is 48.5 Å². The summed E-state index contributed by atoms with van der Waals surface area (Å²) in [6.45, 7) is 21.6. The monoisotopic (exact) mass is 340 g/mol. The standard InChI is InChI=1S/C21H28.2C2H6/c1-20(2,3)18-13-11-16(12-14-18)15-17-9-7-8-10-19(17)21(4,5)6;2*1-2/h7-14H,15H2,1-6H3;2*1-2H3. The molecule has 0 radical (unpaired) electrons. The molecule has 25 heavy (non-hydrogen) atoms. The molecule has 0 heteroatoms. The summed E-state index contributed by atoms with van der Waals surface area (Å²) in [6, 6.07) is 17.9. The summed E-state index contributed by atoms with van der Waals surface area (Å²) in [5, 5.41) is 0. The number of benzene rings is 2. The summed E-state index contributed by atoms with van der Waals surface area (Å²) < 4.78 is 0.